The van der Waals surface area contributed by atoms with E-state index in [4.69, 9.17) is 4.74 Å². The molecule has 0 bridgehead atoms. The predicted molar refractivity (Wildman–Crippen MR) is 53.7 cm³/mol. The van der Waals surface area contributed by atoms with Crippen molar-refractivity contribution in [1.82, 2.24) is 0 Å². The smallest absolute Gasteiger partial charge is 0.0666 e. The van der Waals surface area contributed by atoms with Crippen molar-refractivity contribution in [3.63, 3.8) is 0 Å². The molecule has 1 aliphatic heterocycles. The van der Waals surface area contributed by atoms with Gasteiger partial charge in [0.15, 0.2) is 0 Å². The fourth-order valence-electron chi connectivity index (χ4n) is 1.90. The molecule has 1 N–H and O–H groups in total. The number of ether oxygens (including phenoxy) is 1. The van der Waals surface area contributed by atoms with Crippen molar-refractivity contribution in [2.75, 3.05) is 6.61 Å². The quantitative estimate of drug-likeness (QED) is 0.683. The minimum absolute atomic E-state index is 0.301. The Morgan fingerprint density at radius 2 is 2.23 bits per heavy atom. The third kappa shape index (κ3) is 4.10. The van der Waals surface area contributed by atoms with E-state index < -0.39 is 5.60 Å². The predicted octanol–water partition coefficient (Wildman–Crippen LogP) is 2.50. The van der Waals surface area contributed by atoms with Crippen LogP contribution in [0.2, 0.25) is 0 Å². The van der Waals surface area contributed by atoms with E-state index in [9.17, 15) is 5.11 Å². The first kappa shape index (κ1) is 11.0. The summed E-state index contributed by atoms with van der Waals surface area (Å²) in [5, 5.41) is 9.82. The summed E-state index contributed by atoms with van der Waals surface area (Å²) in [7, 11) is 0. The van der Waals surface area contributed by atoms with Crippen LogP contribution in [0.15, 0.2) is 0 Å². The molecule has 0 amide bonds. The number of hydrogen-bond acceptors (Lipinski definition) is 2. The number of hydrogen-bond donors (Lipinski definition) is 1. The lowest BCUT2D eigenvalue weighted by atomic mass is 9.90. The van der Waals surface area contributed by atoms with Crippen LogP contribution in [-0.4, -0.2) is 23.4 Å². The van der Waals surface area contributed by atoms with Gasteiger partial charge in [-0.1, -0.05) is 26.2 Å². The Morgan fingerprint density at radius 1 is 1.46 bits per heavy atom. The standard InChI is InChI=1S/C11H22O2/c1-3-4-5-6-10-9-11(2,12)7-8-13-10/h10,12H,3-9H2,1-2H3. The summed E-state index contributed by atoms with van der Waals surface area (Å²) in [5.41, 5.74) is -0.477. The summed E-state index contributed by atoms with van der Waals surface area (Å²) in [6, 6.07) is 0. The Balaban J connectivity index is 2.19. The van der Waals surface area contributed by atoms with Gasteiger partial charge in [0.05, 0.1) is 11.7 Å². The van der Waals surface area contributed by atoms with Crippen LogP contribution in [0.3, 0.4) is 0 Å². The van der Waals surface area contributed by atoms with Gasteiger partial charge >= 0.3 is 0 Å². The fraction of sp³-hybridized carbons (Fsp3) is 1.00. The highest BCUT2D eigenvalue weighted by Crippen LogP contribution is 2.26. The van der Waals surface area contributed by atoms with Gasteiger partial charge in [0.25, 0.3) is 0 Å². The molecule has 78 valence electrons. The molecule has 0 aromatic carbocycles. The first-order chi connectivity index (χ1) is 6.14. The number of unbranched alkanes of at least 4 members (excludes halogenated alkanes) is 2. The van der Waals surface area contributed by atoms with E-state index in [-0.39, 0.29) is 0 Å². The Bertz CT molecular complexity index is 143. The highest BCUT2D eigenvalue weighted by molar-refractivity contribution is 4.81. The summed E-state index contributed by atoms with van der Waals surface area (Å²) in [6.45, 7) is 4.85. The van der Waals surface area contributed by atoms with E-state index in [1.165, 1.54) is 19.3 Å². The third-order valence-electron chi connectivity index (χ3n) is 2.79. The van der Waals surface area contributed by atoms with Gasteiger partial charge in [0.1, 0.15) is 0 Å². The molecular weight excluding hydrogens is 164 g/mol. The van der Waals surface area contributed by atoms with Crippen molar-refractivity contribution in [2.24, 2.45) is 0 Å². The van der Waals surface area contributed by atoms with Crippen LogP contribution >= 0.6 is 0 Å². The molecule has 2 atom stereocenters. The minimum atomic E-state index is -0.477. The Labute approximate surface area is 81.3 Å². The number of rotatable bonds is 4. The van der Waals surface area contributed by atoms with Gasteiger partial charge in [-0.05, 0) is 19.8 Å². The first-order valence-electron chi connectivity index (χ1n) is 5.48. The van der Waals surface area contributed by atoms with E-state index in [0.717, 1.165) is 25.9 Å². The van der Waals surface area contributed by atoms with E-state index in [1.54, 1.807) is 0 Å². The highest BCUT2D eigenvalue weighted by Gasteiger charge is 2.29. The molecular formula is C11H22O2. The van der Waals surface area contributed by atoms with Crippen molar-refractivity contribution in [1.29, 1.82) is 0 Å². The largest absolute Gasteiger partial charge is 0.390 e. The minimum Gasteiger partial charge on any atom is -0.390 e. The van der Waals surface area contributed by atoms with Crippen LogP contribution in [-0.2, 0) is 4.74 Å². The Kier molecular flexibility index (Phi) is 4.20. The van der Waals surface area contributed by atoms with Crippen LogP contribution in [0.4, 0.5) is 0 Å². The van der Waals surface area contributed by atoms with Gasteiger partial charge in [-0.3, -0.25) is 0 Å². The zero-order valence-electron chi connectivity index (χ0n) is 8.88. The summed E-state index contributed by atoms with van der Waals surface area (Å²) in [5.74, 6) is 0. The van der Waals surface area contributed by atoms with Crippen LogP contribution < -0.4 is 0 Å². The van der Waals surface area contributed by atoms with Gasteiger partial charge in [-0.15, -0.1) is 0 Å². The maximum Gasteiger partial charge on any atom is 0.0666 e. The van der Waals surface area contributed by atoms with Crippen molar-refractivity contribution < 1.29 is 9.84 Å². The van der Waals surface area contributed by atoms with Gasteiger partial charge in [0, 0.05) is 13.0 Å². The van der Waals surface area contributed by atoms with Crippen molar-refractivity contribution in [3.8, 4) is 0 Å². The average Bonchev–Trinajstić information content (AvgIpc) is 2.03. The molecule has 1 fully saturated rings. The van der Waals surface area contributed by atoms with Crippen LogP contribution in [0.25, 0.3) is 0 Å². The van der Waals surface area contributed by atoms with E-state index in [0.29, 0.717) is 6.10 Å². The van der Waals surface area contributed by atoms with Gasteiger partial charge < -0.3 is 9.84 Å². The Hall–Kier alpha value is -0.0800. The molecule has 1 rings (SSSR count). The molecule has 1 heterocycles. The summed E-state index contributed by atoms with van der Waals surface area (Å²) >= 11 is 0. The molecule has 13 heavy (non-hydrogen) atoms. The van der Waals surface area contributed by atoms with E-state index in [2.05, 4.69) is 6.92 Å². The molecule has 1 saturated heterocycles. The van der Waals surface area contributed by atoms with Crippen molar-refractivity contribution >= 4 is 0 Å². The first-order valence-corrected chi connectivity index (χ1v) is 5.48. The molecule has 0 aliphatic carbocycles. The molecule has 0 aromatic rings. The van der Waals surface area contributed by atoms with Crippen molar-refractivity contribution in [3.05, 3.63) is 0 Å². The van der Waals surface area contributed by atoms with Gasteiger partial charge in [-0.25, -0.2) is 0 Å². The topological polar surface area (TPSA) is 29.5 Å². The second kappa shape index (κ2) is 4.97. The molecule has 2 unspecified atom stereocenters. The molecule has 0 spiro atoms. The third-order valence-corrected chi connectivity index (χ3v) is 2.79. The van der Waals surface area contributed by atoms with E-state index in [1.807, 2.05) is 6.92 Å². The SMILES string of the molecule is CCCCCC1CC(C)(O)CCO1. The lowest BCUT2D eigenvalue weighted by Crippen LogP contribution is -2.38. The van der Waals surface area contributed by atoms with Crippen LogP contribution in [0.1, 0.15) is 52.4 Å². The maximum absolute atomic E-state index is 9.82. The van der Waals surface area contributed by atoms with Gasteiger partial charge in [0.2, 0.25) is 0 Å². The fourth-order valence-corrected chi connectivity index (χ4v) is 1.90. The Morgan fingerprint density at radius 3 is 2.85 bits per heavy atom. The van der Waals surface area contributed by atoms with Crippen molar-refractivity contribution in [2.45, 2.75) is 64.1 Å². The maximum atomic E-state index is 9.82. The lowest BCUT2D eigenvalue weighted by Gasteiger charge is -2.34. The zero-order chi connectivity index (χ0) is 9.73. The summed E-state index contributed by atoms with van der Waals surface area (Å²) in [4.78, 5) is 0. The zero-order valence-corrected chi connectivity index (χ0v) is 8.88. The second-order valence-corrected chi connectivity index (χ2v) is 4.44. The molecule has 0 aromatic heterocycles. The second-order valence-electron chi connectivity index (χ2n) is 4.44. The molecule has 2 nitrogen and oxygen atoms in total. The normalized spacial score (nSPS) is 34.8. The summed E-state index contributed by atoms with van der Waals surface area (Å²) in [6.07, 6.45) is 6.79. The molecule has 1 aliphatic rings. The monoisotopic (exact) mass is 186 g/mol. The van der Waals surface area contributed by atoms with Gasteiger partial charge in [-0.2, -0.15) is 0 Å². The van der Waals surface area contributed by atoms with E-state index >= 15 is 0 Å². The van der Waals surface area contributed by atoms with Crippen LogP contribution in [0, 0.1) is 0 Å². The molecule has 2 heteroatoms. The highest BCUT2D eigenvalue weighted by atomic mass is 16.5. The lowest BCUT2D eigenvalue weighted by molar-refractivity contribution is -0.0959. The molecule has 0 radical (unpaired) electrons. The van der Waals surface area contributed by atoms with Crippen LogP contribution in [0.5, 0.6) is 0 Å². The number of aliphatic hydroxyl groups is 1. The molecule has 0 saturated carbocycles. The average molecular weight is 186 g/mol. The summed E-state index contributed by atoms with van der Waals surface area (Å²) < 4.78 is 5.60.